The largest absolute Gasteiger partial charge is 0.481 e. The van der Waals surface area contributed by atoms with E-state index in [0.29, 0.717) is 13.1 Å². The Morgan fingerprint density at radius 1 is 1.06 bits per heavy atom. The summed E-state index contributed by atoms with van der Waals surface area (Å²) in [4.78, 5) is 38.1. The Bertz CT molecular complexity index is 1050. The number of carboxylic acid groups (broad SMARTS) is 1. The van der Waals surface area contributed by atoms with Crippen LogP contribution in [-0.2, 0) is 14.3 Å². The lowest BCUT2D eigenvalue weighted by Crippen LogP contribution is -2.43. The lowest BCUT2D eigenvalue weighted by atomic mass is 9.98. The highest BCUT2D eigenvalue weighted by molar-refractivity contribution is 5.81. The standard InChI is InChI=1S/C26H28N2O5/c1-15(24(29)28-11-10-20-21(13-28)23(20)25(30)31)12-27-26(32)33-14-22-18-8-4-2-6-16(18)17-7-3-5-9-19(17)22/h2-9,15,20-23H,10-14H2,1H3,(H,27,32)(H,30,31)/t15?,20-,21+,23?/m0/s1. The molecule has 2 fully saturated rings. The van der Waals surface area contributed by atoms with E-state index in [1.165, 1.54) is 11.1 Å². The van der Waals surface area contributed by atoms with Crippen molar-refractivity contribution in [2.45, 2.75) is 19.3 Å². The molecular weight excluding hydrogens is 420 g/mol. The molecule has 2 amide bonds. The van der Waals surface area contributed by atoms with Gasteiger partial charge < -0.3 is 20.1 Å². The maximum atomic E-state index is 12.8. The first-order valence-electron chi connectivity index (χ1n) is 11.6. The van der Waals surface area contributed by atoms with Gasteiger partial charge in [-0.05, 0) is 40.5 Å². The van der Waals surface area contributed by atoms with Crippen LogP contribution in [0.5, 0.6) is 0 Å². The zero-order chi connectivity index (χ0) is 23.1. The van der Waals surface area contributed by atoms with E-state index in [4.69, 9.17) is 4.74 Å². The highest BCUT2D eigenvalue weighted by atomic mass is 16.5. The molecule has 0 radical (unpaired) electrons. The van der Waals surface area contributed by atoms with Gasteiger partial charge in [0, 0.05) is 25.6 Å². The minimum atomic E-state index is -0.760. The van der Waals surface area contributed by atoms with Gasteiger partial charge in [0.1, 0.15) is 6.61 Å². The number of alkyl carbamates (subject to hydrolysis) is 1. The number of ether oxygens (including phenoxy) is 1. The van der Waals surface area contributed by atoms with E-state index >= 15 is 0 Å². The van der Waals surface area contributed by atoms with Gasteiger partial charge in [0.05, 0.1) is 11.8 Å². The van der Waals surface area contributed by atoms with Crippen LogP contribution in [0.3, 0.4) is 0 Å². The molecular formula is C26H28N2O5. The summed E-state index contributed by atoms with van der Waals surface area (Å²) < 4.78 is 5.54. The number of benzene rings is 2. The van der Waals surface area contributed by atoms with Crippen molar-refractivity contribution in [3.05, 3.63) is 59.7 Å². The number of carboxylic acids is 1. The van der Waals surface area contributed by atoms with Gasteiger partial charge in [-0.15, -0.1) is 0 Å². The SMILES string of the molecule is CC(CNC(=O)OCC1c2ccccc2-c2ccccc21)C(=O)N1CC[C@@H]2C(C(=O)O)[C@@H]2C1. The average Bonchev–Trinajstić information content (AvgIpc) is 3.48. The smallest absolute Gasteiger partial charge is 0.407 e. The molecule has 5 rings (SSSR count). The second kappa shape index (κ2) is 8.54. The highest BCUT2D eigenvalue weighted by Gasteiger charge is 2.57. The predicted octanol–water partition coefficient (Wildman–Crippen LogP) is 3.34. The highest BCUT2D eigenvalue weighted by Crippen LogP contribution is 2.51. The van der Waals surface area contributed by atoms with Crippen LogP contribution in [0.15, 0.2) is 48.5 Å². The third kappa shape index (κ3) is 3.96. The zero-order valence-corrected chi connectivity index (χ0v) is 18.6. The van der Waals surface area contributed by atoms with Crippen molar-refractivity contribution in [1.29, 1.82) is 0 Å². The van der Waals surface area contributed by atoms with Crippen LogP contribution in [0.4, 0.5) is 4.79 Å². The Labute approximate surface area is 192 Å². The normalized spacial score (nSPS) is 23.7. The number of nitrogens with zero attached hydrogens (tertiary/aromatic N) is 1. The lowest BCUT2D eigenvalue weighted by Gasteiger charge is -2.29. The van der Waals surface area contributed by atoms with Crippen LogP contribution in [0.2, 0.25) is 0 Å². The summed E-state index contributed by atoms with van der Waals surface area (Å²) in [6.45, 7) is 3.27. The molecule has 2 unspecified atom stereocenters. The average molecular weight is 449 g/mol. The molecule has 1 aliphatic heterocycles. The zero-order valence-electron chi connectivity index (χ0n) is 18.6. The molecule has 2 aromatic carbocycles. The third-order valence-corrected chi connectivity index (χ3v) is 7.41. The van der Waals surface area contributed by atoms with E-state index in [-0.39, 0.29) is 42.7 Å². The Morgan fingerprint density at radius 3 is 2.33 bits per heavy atom. The number of carbonyl (C=O) groups is 3. The third-order valence-electron chi connectivity index (χ3n) is 7.41. The van der Waals surface area contributed by atoms with E-state index < -0.39 is 18.0 Å². The molecule has 2 N–H and O–H groups in total. The Balaban J connectivity index is 1.12. The van der Waals surface area contributed by atoms with Crippen molar-refractivity contribution in [2.24, 2.45) is 23.7 Å². The molecule has 1 saturated carbocycles. The number of rotatable bonds is 6. The van der Waals surface area contributed by atoms with Gasteiger partial charge in [0.25, 0.3) is 0 Å². The first-order valence-corrected chi connectivity index (χ1v) is 11.6. The van der Waals surface area contributed by atoms with Gasteiger partial charge in [-0.1, -0.05) is 55.5 Å². The molecule has 1 heterocycles. The fourth-order valence-electron chi connectivity index (χ4n) is 5.59. The van der Waals surface area contributed by atoms with Crippen LogP contribution in [0.1, 0.15) is 30.4 Å². The van der Waals surface area contributed by atoms with Crippen LogP contribution in [0.25, 0.3) is 11.1 Å². The van der Waals surface area contributed by atoms with Gasteiger partial charge in [-0.2, -0.15) is 0 Å². The number of aliphatic carboxylic acids is 1. The van der Waals surface area contributed by atoms with Gasteiger partial charge in [0.15, 0.2) is 0 Å². The number of hydrogen-bond acceptors (Lipinski definition) is 4. The van der Waals surface area contributed by atoms with Crippen LogP contribution < -0.4 is 5.32 Å². The Hall–Kier alpha value is -3.35. The number of carbonyl (C=O) groups excluding carboxylic acids is 2. The predicted molar refractivity (Wildman–Crippen MR) is 122 cm³/mol. The van der Waals surface area contributed by atoms with Crippen molar-refractivity contribution >= 4 is 18.0 Å². The number of piperidine rings is 1. The quantitative estimate of drug-likeness (QED) is 0.707. The second-order valence-corrected chi connectivity index (χ2v) is 9.37. The molecule has 172 valence electrons. The van der Waals surface area contributed by atoms with E-state index in [0.717, 1.165) is 17.5 Å². The summed E-state index contributed by atoms with van der Waals surface area (Å²) in [5.41, 5.74) is 4.65. The van der Waals surface area contributed by atoms with Crippen LogP contribution >= 0.6 is 0 Å². The van der Waals surface area contributed by atoms with Crippen LogP contribution in [0, 0.1) is 23.7 Å². The van der Waals surface area contributed by atoms with E-state index in [1.807, 2.05) is 24.3 Å². The summed E-state index contributed by atoms with van der Waals surface area (Å²) in [6.07, 6.45) is 0.197. The van der Waals surface area contributed by atoms with E-state index in [2.05, 4.69) is 29.6 Å². The Morgan fingerprint density at radius 2 is 1.70 bits per heavy atom. The van der Waals surface area contributed by atoms with Gasteiger partial charge in [-0.25, -0.2) is 4.79 Å². The number of nitrogens with one attached hydrogen (secondary N) is 1. The fraction of sp³-hybridized carbons (Fsp3) is 0.423. The monoisotopic (exact) mass is 448 g/mol. The van der Waals surface area contributed by atoms with E-state index in [9.17, 15) is 19.5 Å². The van der Waals surface area contributed by atoms with Crippen molar-refractivity contribution in [1.82, 2.24) is 10.2 Å². The molecule has 1 saturated heterocycles. The summed E-state index contributed by atoms with van der Waals surface area (Å²) >= 11 is 0. The molecule has 0 bridgehead atoms. The molecule has 7 nitrogen and oxygen atoms in total. The summed E-state index contributed by atoms with van der Waals surface area (Å²) in [6, 6.07) is 16.3. The molecule has 3 aliphatic rings. The fourth-order valence-corrected chi connectivity index (χ4v) is 5.59. The van der Waals surface area contributed by atoms with E-state index in [1.54, 1.807) is 11.8 Å². The second-order valence-electron chi connectivity index (χ2n) is 9.37. The van der Waals surface area contributed by atoms with Crippen LogP contribution in [-0.4, -0.2) is 54.2 Å². The number of amides is 2. The van der Waals surface area contributed by atoms with Crippen molar-refractivity contribution in [3.63, 3.8) is 0 Å². The molecule has 0 spiro atoms. The van der Waals surface area contributed by atoms with Gasteiger partial charge in [0.2, 0.25) is 5.91 Å². The van der Waals surface area contributed by atoms with Crippen molar-refractivity contribution in [3.8, 4) is 11.1 Å². The molecule has 2 aliphatic carbocycles. The molecule has 4 atom stereocenters. The van der Waals surface area contributed by atoms with Gasteiger partial charge in [-0.3, -0.25) is 9.59 Å². The lowest BCUT2D eigenvalue weighted by molar-refractivity contribution is -0.139. The Kier molecular flexibility index (Phi) is 5.56. The van der Waals surface area contributed by atoms with Gasteiger partial charge >= 0.3 is 12.1 Å². The molecule has 33 heavy (non-hydrogen) atoms. The summed E-state index contributed by atoms with van der Waals surface area (Å²) in [7, 11) is 0. The number of hydrogen-bond donors (Lipinski definition) is 2. The summed E-state index contributed by atoms with van der Waals surface area (Å²) in [5, 5.41) is 12.0. The van der Waals surface area contributed by atoms with Crippen molar-refractivity contribution < 1.29 is 24.2 Å². The molecule has 0 aromatic heterocycles. The maximum Gasteiger partial charge on any atom is 0.407 e. The first kappa shape index (κ1) is 21.5. The number of fused-ring (bicyclic) bond motifs is 4. The maximum absolute atomic E-state index is 12.8. The topological polar surface area (TPSA) is 95.9 Å². The first-order chi connectivity index (χ1) is 16.0. The van der Waals surface area contributed by atoms with Crippen molar-refractivity contribution in [2.75, 3.05) is 26.2 Å². The molecule has 7 heteroatoms. The minimum absolute atomic E-state index is 0.00998. The summed E-state index contributed by atoms with van der Waals surface area (Å²) in [5.74, 6) is -1.25. The number of likely N-dealkylation sites (tertiary alicyclic amines) is 1. The minimum Gasteiger partial charge on any atom is -0.481 e. The molecule has 2 aromatic rings.